The maximum absolute atomic E-state index is 10.5. The molecule has 0 bridgehead atoms. The normalized spacial score (nSPS) is 17.6. The summed E-state index contributed by atoms with van der Waals surface area (Å²) in [4.78, 5) is 19.9. The first-order valence-electron chi connectivity index (χ1n) is 7.39. The van der Waals surface area contributed by atoms with Gasteiger partial charge < -0.3 is 4.79 Å². The number of nitro benzene ring substituents is 1. The van der Waals surface area contributed by atoms with Crippen molar-refractivity contribution >= 4 is 17.5 Å². The van der Waals surface area contributed by atoms with Crippen molar-refractivity contribution in [2.24, 2.45) is 0 Å². The van der Waals surface area contributed by atoms with Crippen molar-refractivity contribution in [3.63, 3.8) is 0 Å². The molecular formula is C20H14FeN2O3+2. The molecule has 2 aliphatic carbocycles. The summed E-state index contributed by atoms with van der Waals surface area (Å²) in [6.45, 7) is 0. The molecule has 26 heavy (non-hydrogen) atoms. The number of hydrogen-bond donors (Lipinski definition) is 0. The zero-order valence-corrected chi connectivity index (χ0v) is 14.7. The molecule has 0 heterocycles. The minimum absolute atomic E-state index is 0. The summed E-state index contributed by atoms with van der Waals surface area (Å²) in [6, 6.07) is 8.04. The molecule has 0 atom stereocenters. The molecule has 2 saturated carbocycles. The number of rotatable bonds is 4. The van der Waals surface area contributed by atoms with Crippen molar-refractivity contribution in [2.45, 2.75) is 0 Å². The Morgan fingerprint density at radius 3 is 1.85 bits per heavy atom. The standard InChI is InChI=1S/C14H9N2O2.C6H5O.Fe/c15-10-13(9-11-3-1-2-4-11)12-5-7-14(8-6-12)16(17)18;7-5-6-3-1-2-4-6;/h1-9H;1-5H;/q;;+2/b13-9+;;. The van der Waals surface area contributed by atoms with Crippen LogP contribution in [-0.2, 0) is 21.9 Å². The van der Waals surface area contributed by atoms with E-state index in [0.29, 0.717) is 11.1 Å². The molecule has 0 N–H and O–H groups in total. The third-order valence-corrected chi connectivity index (χ3v) is 3.33. The van der Waals surface area contributed by atoms with Gasteiger partial charge in [0.25, 0.3) is 5.69 Å². The van der Waals surface area contributed by atoms with Gasteiger partial charge in [-0.05, 0) is 69.1 Å². The Morgan fingerprint density at radius 1 is 0.962 bits per heavy atom. The number of non-ortho nitro benzene ring substituents is 1. The first-order valence-corrected chi connectivity index (χ1v) is 7.39. The summed E-state index contributed by atoms with van der Waals surface area (Å²) in [5.74, 6) is 1.69. The van der Waals surface area contributed by atoms with Crippen molar-refractivity contribution < 1.29 is 26.8 Å². The van der Waals surface area contributed by atoms with E-state index in [4.69, 9.17) is 5.26 Å². The number of nitro groups is 1. The van der Waals surface area contributed by atoms with Crippen LogP contribution in [0.3, 0.4) is 0 Å². The number of nitriles is 1. The van der Waals surface area contributed by atoms with Crippen molar-refractivity contribution in [2.75, 3.05) is 0 Å². The van der Waals surface area contributed by atoms with E-state index in [0.717, 1.165) is 18.1 Å². The van der Waals surface area contributed by atoms with Gasteiger partial charge in [-0.2, -0.15) is 5.26 Å². The predicted octanol–water partition coefficient (Wildman–Crippen LogP) is 3.50. The van der Waals surface area contributed by atoms with Crippen LogP contribution in [0.1, 0.15) is 5.56 Å². The summed E-state index contributed by atoms with van der Waals surface area (Å²) >= 11 is 0. The second-order valence-electron chi connectivity index (χ2n) is 5.03. The Balaban J connectivity index is 0.000000357. The Hall–Kier alpha value is -1.96. The fourth-order valence-corrected chi connectivity index (χ4v) is 2.06. The zero-order chi connectivity index (χ0) is 18.1. The molecule has 2 aliphatic rings. The number of aldehydes is 1. The van der Waals surface area contributed by atoms with Crippen LogP contribution >= 0.6 is 0 Å². The van der Waals surface area contributed by atoms with Gasteiger partial charge in [-0.3, -0.25) is 10.1 Å². The van der Waals surface area contributed by atoms with Crippen molar-refractivity contribution in [3.05, 3.63) is 109 Å². The van der Waals surface area contributed by atoms with Gasteiger partial charge >= 0.3 is 17.1 Å². The molecule has 0 unspecified atom stereocenters. The van der Waals surface area contributed by atoms with Gasteiger partial charge in [-0.1, -0.05) is 6.08 Å². The van der Waals surface area contributed by atoms with Gasteiger partial charge in [-0.15, -0.1) is 0 Å². The molecule has 0 spiro atoms. The smallest absolute Gasteiger partial charge is 0.303 e. The molecule has 0 saturated heterocycles. The molecule has 3 rings (SSSR count). The summed E-state index contributed by atoms with van der Waals surface area (Å²) in [7, 11) is 0. The fourth-order valence-electron chi connectivity index (χ4n) is 2.06. The number of carbonyl (C=O) groups is 1. The molecular weight excluding hydrogens is 372 g/mol. The van der Waals surface area contributed by atoms with E-state index in [2.05, 4.69) is 6.07 Å². The second kappa shape index (κ2) is 11.6. The van der Waals surface area contributed by atoms with Crippen LogP contribution in [0.4, 0.5) is 5.69 Å². The monoisotopic (exact) mass is 386 g/mol. The van der Waals surface area contributed by atoms with Crippen LogP contribution < -0.4 is 0 Å². The maximum atomic E-state index is 10.5. The molecule has 0 amide bonds. The Morgan fingerprint density at radius 2 is 1.46 bits per heavy atom. The summed E-state index contributed by atoms with van der Waals surface area (Å²) in [5.41, 5.74) is 1.17. The molecule has 0 aliphatic heterocycles. The second-order valence-corrected chi connectivity index (χ2v) is 5.03. The number of carbonyl (C=O) groups excluding carboxylic acids is 1. The molecule has 10 radical (unpaired) electrons. The fraction of sp³-hybridized carbons (Fsp3) is 0. The van der Waals surface area contributed by atoms with Gasteiger partial charge in [0.2, 0.25) is 0 Å². The average Bonchev–Trinajstić information content (AvgIpc) is 3.34. The zero-order valence-electron chi connectivity index (χ0n) is 13.6. The maximum Gasteiger partial charge on any atom is 2.00 e. The number of nitrogens with zero attached hydrogens (tertiary/aromatic N) is 2. The van der Waals surface area contributed by atoms with Gasteiger partial charge in [-0.25, -0.2) is 0 Å². The van der Waals surface area contributed by atoms with Crippen molar-refractivity contribution in [3.8, 4) is 6.07 Å². The van der Waals surface area contributed by atoms with E-state index in [1.54, 1.807) is 31.1 Å². The van der Waals surface area contributed by atoms with E-state index in [1.807, 2.05) is 38.5 Å². The first-order chi connectivity index (χ1) is 12.1. The minimum atomic E-state index is -0.462. The molecule has 1 aromatic rings. The quantitative estimate of drug-likeness (QED) is 0.261. The Labute approximate surface area is 165 Å². The molecule has 128 valence electrons. The summed E-state index contributed by atoms with van der Waals surface area (Å²) in [5, 5.41) is 19.6. The minimum Gasteiger partial charge on any atom is -0.303 e. The van der Waals surface area contributed by atoms with E-state index in [1.165, 1.54) is 12.1 Å². The molecule has 6 heteroatoms. The molecule has 2 fully saturated rings. The van der Waals surface area contributed by atoms with Crippen LogP contribution in [0, 0.1) is 84.6 Å². The Kier molecular flexibility index (Phi) is 9.86. The number of benzene rings is 1. The van der Waals surface area contributed by atoms with Crippen LogP contribution in [0.15, 0.2) is 30.3 Å². The van der Waals surface area contributed by atoms with Gasteiger partial charge in [0.1, 0.15) is 6.29 Å². The summed E-state index contributed by atoms with van der Waals surface area (Å²) in [6.07, 6.45) is 17.4. The van der Waals surface area contributed by atoms with Gasteiger partial charge in [0.15, 0.2) is 0 Å². The topological polar surface area (TPSA) is 84.0 Å². The van der Waals surface area contributed by atoms with E-state index >= 15 is 0 Å². The number of allylic oxidation sites excluding steroid dienone is 2. The molecule has 0 aromatic heterocycles. The third kappa shape index (κ3) is 6.74. The molecule has 1 aromatic carbocycles. The van der Waals surface area contributed by atoms with Crippen molar-refractivity contribution in [1.82, 2.24) is 0 Å². The predicted molar refractivity (Wildman–Crippen MR) is 93.6 cm³/mol. The first kappa shape index (κ1) is 22.1. The van der Waals surface area contributed by atoms with Crippen LogP contribution in [0.25, 0.3) is 5.57 Å². The van der Waals surface area contributed by atoms with E-state index in [-0.39, 0.29) is 22.8 Å². The number of hydrogen-bond acceptors (Lipinski definition) is 4. The Bertz CT molecular complexity index is 653. The van der Waals surface area contributed by atoms with Crippen LogP contribution in [-0.4, -0.2) is 11.2 Å². The van der Waals surface area contributed by atoms with E-state index in [9.17, 15) is 14.9 Å². The summed E-state index contributed by atoms with van der Waals surface area (Å²) < 4.78 is 0. The average molecular weight is 386 g/mol. The largest absolute Gasteiger partial charge is 2.00 e. The van der Waals surface area contributed by atoms with Gasteiger partial charge in [0.05, 0.1) is 16.6 Å². The van der Waals surface area contributed by atoms with Crippen molar-refractivity contribution in [1.29, 1.82) is 5.26 Å². The van der Waals surface area contributed by atoms with Crippen LogP contribution in [0.5, 0.6) is 0 Å². The van der Waals surface area contributed by atoms with Crippen LogP contribution in [0.2, 0.25) is 0 Å². The SMILES string of the molecule is N#C/C(=C\[C]1[CH][CH][CH][CH]1)c1ccc([N+](=O)[O-])cc1.O=C[C]1[CH][CH][CH][CH]1.[Fe+2]. The van der Waals surface area contributed by atoms with E-state index < -0.39 is 4.92 Å². The van der Waals surface area contributed by atoms with Gasteiger partial charge in [0, 0.05) is 24.0 Å². The molecule has 5 nitrogen and oxygen atoms in total. The third-order valence-electron chi connectivity index (χ3n) is 3.33.